The normalized spacial score (nSPS) is 16.1. The van der Waals surface area contributed by atoms with Crippen molar-refractivity contribution >= 4 is 28.7 Å². The van der Waals surface area contributed by atoms with Crippen LogP contribution in [0.25, 0.3) is 11.0 Å². The number of alkyl halides is 2. The van der Waals surface area contributed by atoms with Crippen LogP contribution in [-0.2, 0) is 11.3 Å². The minimum Gasteiger partial charge on any atom is -0.395 e. The van der Waals surface area contributed by atoms with E-state index in [1.54, 1.807) is 33.7 Å². The van der Waals surface area contributed by atoms with Gasteiger partial charge in [-0.15, -0.1) is 0 Å². The van der Waals surface area contributed by atoms with Gasteiger partial charge in [0.2, 0.25) is 5.91 Å². The number of piperazine rings is 1. The highest BCUT2D eigenvalue weighted by molar-refractivity contribution is 7.99. The van der Waals surface area contributed by atoms with Gasteiger partial charge in [-0.25, -0.2) is 4.98 Å². The Morgan fingerprint density at radius 3 is 2.64 bits per heavy atom. The van der Waals surface area contributed by atoms with Gasteiger partial charge in [-0.2, -0.15) is 8.78 Å². The number of β-amino-alcohol motifs (C(OH)–C–C–N with tert-alkyl or cyclic N) is 1. The molecule has 1 amide bonds. The molecule has 0 radical (unpaired) electrons. The van der Waals surface area contributed by atoms with Crippen LogP contribution in [0.4, 0.5) is 8.78 Å². The molecule has 0 saturated carbocycles. The minimum absolute atomic E-state index is 0.00440. The van der Waals surface area contributed by atoms with Crippen LogP contribution in [0, 0.1) is 0 Å². The maximum Gasteiger partial charge on any atom is 0.291 e. The van der Waals surface area contributed by atoms with E-state index in [9.17, 15) is 13.6 Å². The second-order valence-corrected chi connectivity index (χ2v) is 6.75. The highest BCUT2D eigenvalue weighted by atomic mass is 32.2. The van der Waals surface area contributed by atoms with E-state index in [0.717, 1.165) is 0 Å². The Labute approximate surface area is 148 Å². The third-order valence-corrected chi connectivity index (χ3v) is 4.95. The number of aliphatic hydroxyl groups is 1. The number of hydrogen-bond donors (Lipinski definition) is 1. The van der Waals surface area contributed by atoms with E-state index in [2.05, 4.69) is 9.88 Å². The molecule has 1 aliphatic rings. The fraction of sp³-hybridized carbons (Fsp3) is 0.500. The molecule has 0 unspecified atom stereocenters. The van der Waals surface area contributed by atoms with Crippen molar-refractivity contribution in [3.8, 4) is 0 Å². The Bertz CT molecular complexity index is 732. The first kappa shape index (κ1) is 18.1. The molecule has 2 aromatic rings. The maximum atomic E-state index is 12.8. The maximum absolute atomic E-state index is 12.8. The SMILES string of the molecule is O=C(Cn1c(SC(F)F)nc2ccccc21)N1CCN(CCO)CC1. The summed E-state index contributed by atoms with van der Waals surface area (Å²) in [5, 5.41) is 9.13. The summed E-state index contributed by atoms with van der Waals surface area (Å²) in [5.41, 5.74) is 1.28. The fourth-order valence-corrected chi connectivity index (χ4v) is 3.57. The van der Waals surface area contributed by atoms with Crippen LogP contribution in [-0.4, -0.2) is 75.5 Å². The molecule has 6 nitrogen and oxygen atoms in total. The Kier molecular flexibility index (Phi) is 5.87. The van der Waals surface area contributed by atoms with Crippen LogP contribution in [0.5, 0.6) is 0 Å². The summed E-state index contributed by atoms with van der Waals surface area (Å²) < 4.78 is 27.2. The number of halogens is 2. The van der Waals surface area contributed by atoms with E-state index in [0.29, 0.717) is 55.5 Å². The average molecular weight is 370 g/mol. The van der Waals surface area contributed by atoms with Crippen molar-refractivity contribution in [2.24, 2.45) is 0 Å². The lowest BCUT2D eigenvalue weighted by Gasteiger charge is -2.34. The van der Waals surface area contributed by atoms with Crippen molar-refractivity contribution in [2.45, 2.75) is 17.5 Å². The van der Waals surface area contributed by atoms with Gasteiger partial charge in [0.05, 0.1) is 17.6 Å². The predicted octanol–water partition coefficient (Wildman–Crippen LogP) is 1.49. The van der Waals surface area contributed by atoms with Crippen LogP contribution in [0.15, 0.2) is 29.4 Å². The summed E-state index contributed by atoms with van der Waals surface area (Å²) in [4.78, 5) is 20.7. The molecule has 1 aliphatic heterocycles. The highest BCUT2D eigenvalue weighted by Crippen LogP contribution is 2.28. The second kappa shape index (κ2) is 8.11. The molecule has 1 saturated heterocycles. The average Bonchev–Trinajstić information content (AvgIpc) is 2.92. The number of aromatic nitrogens is 2. The molecule has 0 bridgehead atoms. The lowest BCUT2D eigenvalue weighted by Crippen LogP contribution is -2.50. The van der Waals surface area contributed by atoms with Gasteiger partial charge in [-0.05, 0) is 23.9 Å². The number of benzene rings is 1. The largest absolute Gasteiger partial charge is 0.395 e. The van der Waals surface area contributed by atoms with Crippen molar-refractivity contribution in [1.82, 2.24) is 19.4 Å². The topological polar surface area (TPSA) is 61.6 Å². The van der Waals surface area contributed by atoms with Crippen molar-refractivity contribution in [2.75, 3.05) is 39.3 Å². The summed E-state index contributed by atoms with van der Waals surface area (Å²) in [5.74, 6) is -2.70. The van der Waals surface area contributed by atoms with Gasteiger partial charge in [0.25, 0.3) is 5.76 Å². The predicted molar refractivity (Wildman–Crippen MR) is 91.7 cm³/mol. The molecule has 2 heterocycles. The van der Waals surface area contributed by atoms with E-state index in [-0.39, 0.29) is 24.2 Å². The number of nitrogens with zero attached hydrogens (tertiary/aromatic N) is 4. The van der Waals surface area contributed by atoms with Gasteiger partial charge in [-0.3, -0.25) is 9.69 Å². The number of carbonyl (C=O) groups is 1. The lowest BCUT2D eigenvalue weighted by atomic mass is 10.3. The van der Waals surface area contributed by atoms with Crippen LogP contribution < -0.4 is 0 Å². The molecule has 1 N–H and O–H groups in total. The van der Waals surface area contributed by atoms with Crippen LogP contribution in [0.3, 0.4) is 0 Å². The van der Waals surface area contributed by atoms with Gasteiger partial charge in [0, 0.05) is 32.7 Å². The summed E-state index contributed by atoms with van der Waals surface area (Å²) >= 11 is 0.358. The highest BCUT2D eigenvalue weighted by Gasteiger charge is 2.23. The first-order valence-corrected chi connectivity index (χ1v) is 8.97. The second-order valence-electron chi connectivity index (χ2n) is 5.79. The molecule has 9 heteroatoms. The Morgan fingerprint density at radius 2 is 1.96 bits per heavy atom. The molecular formula is C16H20F2N4O2S. The zero-order chi connectivity index (χ0) is 17.8. The number of para-hydroxylation sites is 2. The summed E-state index contributed by atoms with van der Waals surface area (Å²) in [6.45, 7) is 3.25. The smallest absolute Gasteiger partial charge is 0.291 e. The minimum atomic E-state index is -2.59. The van der Waals surface area contributed by atoms with Crippen LogP contribution in [0.1, 0.15) is 0 Å². The molecule has 0 aliphatic carbocycles. The number of amides is 1. The van der Waals surface area contributed by atoms with Crippen molar-refractivity contribution in [3.05, 3.63) is 24.3 Å². The number of carbonyl (C=O) groups excluding carboxylic acids is 1. The van der Waals surface area contributed by atoms with E-state index in [1.807, 2.05) is 0 Å². The number of rotatable bonds is 6. The van der Waals surface area contributed by atoms with Gasteiger partial charge >= 0.3 is 0 Å². The first-order chi connectivity index (χ1) is 12.1. The molecule has 3 rings (SSSR count). The van der Waals surface area contributed by atoms with E-state index < -0.39 is 5.76 Å². The quantitative estimate of drug-likeness (QED) is 0.781. The van der Waals surface area contributed by atoms with Gasteiger partial charge in [0.1, 0.15) is 6.54 Å². The van der Waals surface area contributed by atoms with Crippen molar-refractivity contribution < 1.29 is 18.7 Å². The zero-order valence-electron chi connectivity index (χ0n) is 13.6. The van der Waals surface area contributed by atoms with Crippen LogP contribution >= 0.6 is 11.8 Å². The van der Waals surface area contributed by atoms with E-state index >= 15 is 0 Å². The fourth-order valence-electron chi connectivity index (χ4n) is 2.97. The number of thioether (sulfide) groups is 1. The monoisotopic (exact) mass is 370 g/mol. The molecule has 136 valence electrons. The molecule has 0 atom stereocenters. The summed E-state index contributed by atoms with van der Waals surface area (Å²) in [6, 6.07) is 7.12. The van der Waals surface area contributed by atoms with Gasteiger partial charge in [-0.1, -0.05) is 12.1 Å². The number of hydrogen-bond acceptors (Lipinski definition) is 5. The van der Waals surface area contributed by atoms with E-state index in [1.165, 1.54) is 0 Å². The first-order valence-electron chi connectivity index (χ1n) is 8.09. The number of imidazole rings is 1. The molecule has 25 heavy (non-hydrogen) atoms. The number of aliphatic hydroxyl groups excluding tert-OH is 1. The molecule has 0 spiro atoms. The third-order valence-electron chi connectivity index (χ3n) is 4.25. The molecule has 1 fully saturated rings. The zero-order valence-corrected chi connectivity index (χ0v) is 14.5. The molecule has 1 aromatic heterocycles. The summed E-state index contributed by atoms with van der Waals surface area (Å²) in [6.07, 6.45) is 0. The van der Waals surface area contributed by atoms with Gasteiger partial charge in [0.15, 0.2) is 5.16 Å². The van der Waals surface area contributed by atoms with Gasteiger partial charge < -0.3 is 14.6 Å². The third kappa shape index (κ3) is 4.28. The standard InChI is InChI=1S/C16H20F2N4O2S/c17-15(18)25-16-19-12-3-1-2-4-13(12)22(16)11-14(24)21-7-5-20(6-8-21)9-10-23/h1-4,15,23H,5-11H2. The van der Waals surface area contributed by atoms with Crippen molar-refractivity contribution in [3.63, 3.8) is 0 Å². The Morgan fingerprint density at radius 1 is 1.24 bits per heavy atom. The van der Waals surface area contributed by atoms with Crippen LogP contribution in [0.2, 0.25) is 0 Å². The molecule has 1 aromatic carbocycles. The Balaban J connectivity index is 1.74. The van der Waals surface area contributed by atoms with E-state index in [4.69, 9.17) is 5.11 Å². The Hall–Kier alpha value is -1.71. The lowest BCUT2D eigenvalue weighted by molar-refractivity contribution is -0.133. The van der Waals surface area contributed by atoms with Crippen molar-refractivity contribution in [1.29, 1.82) is 0 Å². The summed E-state index contributed by atoms with van der Waals surface area (Å²) in [7, 11) is 0. The molecular weight excluding hydrogens is 350 g/mol. The number of fused-ring (bicyclic) bond motifs is 1.